The molecule has 12 rings (SSSR count). The number of fused-ring (bicyclic) bond motifs is 6. The van der Waals surface area contributed by atoms with Crippen LogP contribution in [0, 0.1) is 0 Å². The maximum atomic E-state index is 5.40. The highest BCUT2D eigenvalue weighted by atomic mass is 32.1. The minimum atomic E-state index is 0.685. The first kappa shape index (κ1) is 35.9. The first-order chi connectivity index (χ1) is 30.7. The minimum absolute atomic E-state index is 0.685. The molecule has 0 N–H and O–H groups in total. The summed E-state index contributed by atoms with van der Waals surface area (Å²) in [5.41, 5.74) is 14.6. The zero-order chi connectivity index (χ0) is 41.0. The van der Waals surface area contributed by atoms with E-state index in [2.05, 4.69) is 217 Å². The summed E-state index contributed by atoms with van der Waals surface area (Å²) in [6, 6.07) is 77.2. The molecule has 0 atom stereocenters. The van der Waals surface area contributed by atoms with Crippen molar-refractivity contribution in [2.45, 2.75) is 0 Å². The fraction of sp³-hybridized carbons (Fsp3) is 0. The van der Waals surface area contributed by atoms with Crippen molar-refractivity contribution >= 4 is 47.8 Å². The molecule has 0 radical (unpaired) electrons. The van der Waals surface area contributed by atoms with Crippen LogP contribution in [0.3, 0.4) is 0 Å². The Morgan fingerprint density at radius 1 is 0.387 bits per heavy atom. The van der Waals surface area contributed by atoms with Crippen molar-refractivity contribution in [1.82, 2.24) is 19.6 Å². The Balaban J connectivity index is 0.988. The van der Waals surface area contributed by atoms with E-state index in [0.29, 0.717) is 5.82 Å². The standard InChI is InChI=1S/C57H36N4S/c1-4-15-38(16-5-1)48-36-49(59-57(58-48)43-33-27-37(28-34-43)45-24-14-26-52-54(45)47-23-12-13-25-51(47)62-52)39-29-31-41(32-30-39)53-55(42-19-8-3-9-20-42)60-61-50(40-17-6-2-7-18-40)35-44-21-10-11-22-46(44)56(53)61/h1-36H. The number of thiophene rings is 1. The molecular weight excluding hydrogens is 773 g/mol. The first-order valence-electron chi connectivity index (χ1n) is 20.9. The van der Waals surface area contributed by atoms with Gasteiger partial charge in [-0.05, 0) is 46.3 Å². The molecule has 4 aromatic heterocycles. The van der Waals surface area contributed by atoms with E-state index in [0.717, 1.165) is 72.6 Å². The summed E-state index contributed by atoms with van der Waals surface area (Å²) in [5.74, 6) is 0.685. The van der Waals surface area contributed by atoms with Gasteiger partial charge in [0.25, 0.3) is 0 Å². The van der Waals surface area contributed by atoms with E-state index in [1.165, 1.54) is 36.7 Å². The third kappa shape index (κ3) is 6.18. The summed E-state index contributed by atoms with van der Waals surface area (Å²) in [6.07, 6.45) is 0. The molecule has 0 aliphatic rings. The lowest BCUT2D eigenvalue weighted by Gasteiger charge is -2.12. The van der Waals surface area contributed by atoms with Gasteiger partial charge in [0.15, 0.2) is 5.82 Å². The maximum absolute atomic E-state index is 5.40. The van der Waals surface area contributed by atoms with Crippen LogP contribution >= 0.6 is 11.3 Å². The van der Waals surface area contributed by atoms with Crippen molar-refractivity contribution in [3.63, 3.8) is 0 Å². The second-order valence-electron chi connectivity index (χ2n) is 15.6. The van der Waals surface area contributed by atoms with E-state index in [1.807, 2.05) is 17.4 Å². The third-order valence-electron chi connectivity index (χ3n) is 11.9. The predicted molar refractivity (Wildman–Crippen MR) is 259 cm³/mol. The number of benzene rings is 8. The Morgan fingerprint density at radius 3 is 1.66 bits per heavy atom. The molecule has 0 spiro atoms. The Kier molecular flexibility index (Phi) is 8.65. The molecule has 0 bridgehead atoms. The van der Waals surface area contributed by atoms with Crippen LogP contribution in [-0.4, -0.2) is 19.6 Å². The van der Waals surface area contributed by atoms with Crippen LogP contribution in [-0.2, 0) is 0 Å². The summed E-state index contributed by atoms with van der Waals surface area (Å²) < 4.78 is 4.74. The largest absolute Gasteiger partial charge is 0.231 e. The SMILES string of the molecule is c1ccc(-c2cc(-c3ccc(-c4c(-c5ccccc5)nn5c(-c6ccccc6)cc6ccccc6c45)cc3)nc(-c3ccc(-c4cccc5sc6ccccc6c45)cc3)n2)cc1. The summed E-state index contributed by atoms with van der Waals surface area (Å²) >= 11 is 1.85. The molecule has 12 aromatic rings. The topological polar surface area (TPSA) is 43.1 Å². The molecule has 0 aliphatic heterocycles. The molecule has 0 aliphatic carbocycles. The monoisotopic (exact) mass is 808 g/mol. The van der Waals surface area contributed by atoms with Gasteiger partial charge in [-0.1, -0.05) is 194 Å². The van der Waals surface area contributed by atoms with E-state index in [9.17, 15) is 0 Å². The van der Waals surface area contributed by atoms with Crippen LogP contribution in [0.1, 0.15) is 0 Å². The van der Waals surface area contributed by atoms with Crippen molar-refractivity contribution in [3.05, 3.63) is 218 Å². The number of aromatic nitrogens is 4. The van der Waals surface area contributed by atoms with Gasteiger partial charge >= 0.3 is 0 Å². The Hall–Kier alpha value is -7.99. The average molecular weight is 809 g/mol. The van der Waals surface area contributed by atoms with Gasteiger partial charge in [-0.3, -0.25) is 0 Å². The number of nitrogens with zero attached hydrogens (tertiary/aromatic N) is 4. The highest BCUT2D eigenvalue weighted by Crippen LogP contribution is 2.43. The van der Waals surface area contributed by atoms with Gasteiger partial charge in [0.2, 0.25) is 0 Å². The molecular formula is C57H36N4S. The lowest BCUT2D eigenvalue weighted by molar-refractivity contribution is 0.979. The fourth-order valence-electron chi connectivity index (χ4n) is 8.88. The van der Waals surface area contributed by atoms with Gasteiger partial charge in [-0.15, -0.1) is 11.3 Å². The molecule has 8 aromatic carbocycles. The van der Waals surface area contributed by atoms with Crippen LogP contribution in [0.5, 0.6) is 0 Å². The molecule has 0 amide bonds. The molecule has 0 saturated heterocycles. The van der Waals surface area contributed by atoms with Gasteiger partial charge in [0, 0.05) is 58.9 Å². The predicted octanol–water partition coefficient (Wildman–Crippen LogP) is 15.3. The van der Waals surface area contributed by atoms with Gasteiger partial charge in [-0.25, -0.2) is 14.5 Å². The van der Waals surface area contributed by atoms with Crippen molar-refractivity contribution in [2.24, 2.45) is 0 Å². The zero-order valence-electron chi connectivity index (χ0n) is 33.5. The maximum Gasteiger partial charge on any atom is 0.160 e. The molecule has 4 nitrogen and oxygen atoms in total. The quantitative estimate of drug-likeness (QED) is 0.161. The average Bonchev–Trinajstić information content (AvgIpc) is 3.95. The van der Waals surface area contributed by atoms with Crippen LogP contribution < -0.4 is 0 Å². The van der Waals surface area contributed by atoms with Crippen molar-refractivity contribution in [2.75, 3.05) is 0 Å². The fourth-order valence-corrected chi connectivity index (χ4v) is 10.0. The van der Waals surface area contributed by atoms with Crippen molar-refractivity contribution in [3.8, 4) is 78.7 Å². The van der Waals surface area contributed by atoms with Crippen LogP contribution in [0.15, 0.2) is 218 Å². The number of hydrogen-bond donors (Lipinski definition) is 0. The summed E-state index contributed by atoms with van der Waals surface area (Å²) in [6.45, 7) is 0. The molecule has 290 valence electrons. The second kappa shape index (κ2) is 14.9. The number of hydrogen-bond acceptors (Lipinski definition) is 4. The van der Waals surface area contributed by atoms with Gasteiger partial charge in [0.05, 0.1) is 22.6 Å². The molecule has 4 heterocycles. The lowest BCUT2D eigenvalue weighted by atomic mass is 9.95. The summed E-state index contributed by atoms with van der Waals surface area (Å²) in [4.78, 5) is 10.4. The second-order valence-corrected chi connectivity index (χ2v) is 16.7. The Morgan fingerprint density at radius 2 is 0.935 bits per heavy atom. The van der Waals surface area contributed by atoms with E-state index >= 15 is 0 Å². The highest BCUT2D eigenvalue weighted by Gasteiger charge is 2.22. The van der Waals surface area contributed by atoms with Crippen molar-refractivity contribution < 1.29 is 0 Å². The molecule has 0 saturated carbocycles. The van der Waals surface area contributed by atoms with E-state index in [4.69, 9.17) is 15.1 Å². The summed E-state index contributed by atoms with van der Waals surface area (Å²) in [7, 11) is 0. The highest BCUT2D eigenvalue weighted by molar-refractivity contribution is 7.25. The third-order valence-corrected chi connectivity index (χ3v) is 13.0. The smallest absolute Gasteiger partial charge is 0.160 e. The summed E-state index contributed by atoms with van der Waals surface area (Å²) in [5, 5.41) is 10.3. The molecule has 0 fully saturated rings. The molecule has 0 unspecified atom stereocenters. The molecule has 5 heteroatoms. The van der Waals surface area contributed by atoms with E-state index in [-0.39, 0.29) is 0 Å². The van der Waals surface area contributed by atoms with Gasteiger partial charge in [-0.2, -0.15) is 5.10 Å². The zero-order valence-corrected chi connectivity index (χ0v) is 34.3. The van der Waals surface area contributed by atoms with Crippen LogP contribution in [0.4, 0.5) is 0 Å². The van der Waals surface area contributed by atoms with E-state index in [1.54, 1.807) is 0 Å². The number of rotatable bonds is 7. The first-order valence-corrected chi connectivity index (χ1v) is 21.7. The van der Waals surface area contributed by atoms with Crippen LogP contribution in [0.2, 0.25) is 0 Å². The Labute approximate surface area is 362 Å². The Bertz CT molecular complexity index is 3590. The normalized spacial score (nSPS) is 11.5. The molecule has 62 heavy (non-hydrogen) atoms. The van der Waals surface area contributed by atoms with Crippen molar-refractivity contribution in [1.29, 1.82) is 0 Å². The minimum Gasteiger partial charge on any atom is -0.231 e. The van der Waals surface area contributed by atoms with Gasteiger partial charge in [0.1, 0.15) is 5.69 Å². The van der Waals surface area contributed by atoms with E-state index < -0.39 is 0 Å². The number of pyridine rings is 1. The van der Waals surface area contributed by atoms with Crippen LogP contribution in [0.25, 0.3) is 115 Å². The van der Waals surface area contributed by atoms with Gasteiger partial charge < -0.3 is 0 Å². The lowest BCUT2D eigenvalue weighted by Crippen LogP contribution is -1.96.